The topological polar surface area (TPSA) is 52.0 Å². The van der Waals surface area contributed by atoms with Crippen LogP contribution >= 0.6 is 19.7 Å². The maximum Gasteiger partial charge on any atom is 0.0885 e. The van der Waals surface area contributed by atoms with E-state index >= 15 is 0 Å². The third-order valence-electron chi connectivity index (χ3n) is 0. The van der Waals surface area contributed by atoms with Crippen LogP contribution in [0.3, 0.4) is 0 Å². The van der Waals surface area contributed by atoms with Crippen molar-refractivity contribution in [2.24, 2.45) is 11.0 Å². The highest BCUT2D eigenvalue weighted by Gasteiger charge is 1.67. The van der Waals surface area contributed by atoms with Crippen LogP contribution in [-0.2, 0) is 0 Å². The van der Waals surface area contributed by atoms with Crippen molar-refractivity contribution in [2.45, 2.75) is 0 Å². The quantitative estimate of drug-likeness (QED) is 0.295. The first-order chi connectivity index (χ1) is 1.73. The molecule has 0 rings (SSSR count). The maximum absolute atomic E-state index is 4.82. The lowest BCUT2D eigenvalue weighted by Crippen LogP contribution is -1.87. The van der Waals surface area contributed by atoms with Crippen molar-refractivity contribution < 1.29 is 0 Å². The molecule has 0 fully saturated rings. The Bertz CT molecular complexity index is 10.8. The Morgan fingerprint density at radius 2 is 1.50 bits per heavy atom. The average Bonchev–Trinajstić information content (AvgIpc) is 0.811. The van der Waals surface area contributed by atoms with Gasteiger partial charge in [-0.3, -0.25) is 11.0 Å². The number of thiol groups is 1. The summed E-state index contributed by atoms with van der Waals surface area (Å²) in [6.07, 6.45) is 0. The van der Waals surface area contributed by atoms with Gasteiger partial charge in [-0.25, -0.2) is 0 Å². The minimum absolute atomic E-state index is 0.926. The van der Waals surface area contributed by atoms with E-state index in [1.54, 1.807) is 0 Å². The van der Waals surface area contributed by atoms with Crippen LogP contribution in [0, 0.1) is 0 Å². The van der Waals surface area contributed by atoms with Crippen molar-refractivity contribution >= 4 is 19.7 Å². The molecule has 0 aromatic carbocycles. The van der Waals surface area contributed by atoms with Gasteiger partial charge in [0.25, 0.3) is 0 Å². The highest BCUT2D eigenvalue weighted by atomic mass is 32.7. The molecule has 0 saturated heterocycles. The molecule has 0 aromatic rings. The zero-order valence-electron chi connectivity index (χ0n) is 2.05. The lowest BCUT2D eigenvalue weighted by atomic mass is 13.9. The van der Waals surface area contributed by atoms with Gasteiger partial charge in [0.15, 0.2) is 0 Å². The molecule has 0 saturated carbocycles. The summed E-state index contributed by atoms with van der Waals surface area (Å²) in [4.78, 5) is 0. The second-order valence-corrected chi connectivity index (χ2v) is 2.53. The van der Waals surface area contributed by atoms with Crippen molar-refractivity contribution in [1.82, 2.24) is 0 Å². The normalized spacial score (nSPS) is 9.00. The van der Waals surface area contributed by atoms with Gasteiger partial charge in [-0.15, -0.1) is 12.2 Å². The molecular formula is H5N2PS. The van der Waals surface area contributed by atoms with E-state index in [-0.39, 0.29) is 0 Å². The molecule has 26 valence electrons. The Morgan fingerprint density at radius 3 is 1.50 bits per heavy atom. The molecule has 0 atom stereocenters. The number of hydrogen-bond donors (Lipinski definition) is 3. The Hall–Kier alpha value is 0.700. The van der Waals surface area contributed by atoms with E-state index in [2.05, 4.69) is 12.2 Å². The van der Waals surface area contributed by atoms with Gasteiger partial charge in [0.2, 0.25) is 0 Å². The molecular weight excluding hydrogens is 91.1 g/mol. The smallest absolute Gasteiger partial charge is 0.0885 e. The van der Waals surface area contributed by atoms with Crippen LogP contribution in [0.5, 0.6) is 0 Å². The molecule has 0 aliphatic heterocycles. The molecule has 0 aliphatic rings. The fourth-order valence-electron chi connectivity index (χ4n) is 0. The number of rotatable bonds is 0. The zero-order chi connectivity index (χ0) is 3.58. The Morgan fingerprint density at radius 1 is 1.50 bits per heavy atom. The fraction of sp³-hybridized carbons (Fsp3) is 0. The summed E-state index contributed by atoms with van der Waals surface area (Å²) in [6, 6.07) is 0. The van der Waals surface area contributed by atoms with E-state index in [4.69, 9.17) is 11.0 Å². The van der Waals surface area contributed by atoms with Crippen LogP contribution in [0.4, 0.5) is 0 Å². The highest BCUT2D eigenvalue weighted by molar-refractivity contribution is 8.43. The predicted molar refractivity (Wildman–Crippen MR) is 24.3 cm³/mol. The van der Waals surface area contributed by atoms with Crippen LogP contribution in [0.2, 0.25) is 0 Å². The van der Waals surface area contributed by atoms with Crippen molar-refractivity contribution in [3.8, 4) is 0 Å². The van der Waals surface area contributed by atoms with Crippen LogP contribution in [0.15, 0.2) is 0 Å². The second-order valence-electron chi connectivity index (χ2n) is 0.380. The van der Waals surface area contributed by atoms with E-state index < -0.39 is 7.42 Å². The molecule has 0 bridgehead atoms. The zero-order valence-corrected chi connectivity index (χ0v) is 3.84. The fourth-order valence-corrected chi connectivity index (χ4v) is 0. The van der Waals surface area contributed by atoms with Gasteiger partial charge in [-0.05, 0) is 0 Å². The highest BCUT2D eigenvalue weighted by Crippen LogP contribution is 2.16. The molecule has 4 heteroatoms. The van der Waals surface area contributed by atoms with E-state index in [0.717, 1.165) is 0 Å². The Balaban J connectivity index is 2.32. The molecule has 0 aromatic heterocycles. The first-order valence-corrected chi connectivity index (χ1v) is 3.35. The van der Waals surface area contributed by atoms with Crippen LogP contribution in [0.1, 0.15) is 0 Å². The standard InChI is InChI=1S/H5N2PS/c1-3(2)4/h4H,1-2H2. The number of nitrogens with two attached hydrogens (primary N) is 2. The van der Waals surface area contributed by atoms with Crippen molar-refractivity contribution in [3.05, 3.63) is 0 Å². The van der Waals surface area contributed by atoms with Crippen molar-refractivity contribution in [1.29, 1.82) is 0 Å². The first kappa shape index (κ1) is 4.70. The van der Waals surface area contributed by atoms with Gasteiger partial charge >= 0.3 is 0 Å². The molecule has 0 spiro atoms. The average molecular weight is 96.1 g/mol. The van der Waals surface area contributed by atoms with Crippen LogP contribution in [0.25, 0.3) is 0 Å². The minimum Gasteiger partial charge on any atom is -0.289 e. The van der Waals surface area contributed by atoms with E-state index in [1.807, 2.05) is 0 Å². The monoisotopic (exact) mass is 96.0 g/mol. The van der Waals surface area contributed by atoms with Crippen LogP contribution in [-0.4, -0.2) is 0 Å². The van der Waals surface area contributed by atoms with Gasteiger partial charge in [0.05, 0.1) is 7.42 Å². The lowest BCUT2D eigenvalue weighted by Gasteiger charge is -1.81. The predicted octanol–water partition coefficient (Wildman–Crippen LogP) is 0.0605. The third kappa shape index (κ3) is 15.9. The summed E-state index contributed by atoms with van der Waals surface area (Å²) in [6.45, 7) is 0. The molecule has 0 amide bonds. The molecule has 4 heavy (non-hydrogen) atoms. The van der Waals surface area contributed by atoms with Gasteiger partial charge in [-0.2, -0.15) is 0 Å². The third-order valence-corrected chi connectivity index (χ3v) is 0. The van der Waals surface area contributed by atoms with Crippen LogP contribution < -0.4 is 11.0 Å². The Kier molecular flexibility index (Phi) is 2.32. The molecule has 0 radical (unpaired) electrons. The van der Waals surface area contributed by atoms with Gasteiger partial charge < -0.3 is 0 Å². The molecule has 0 unspecified atom stereocenters. The summed E-state index contributed by atoms with van der Waals surface area (Å²) in [5.41, 5.74) is 9.64. The van der Waals surface area contributed by atoms with Gasteiger partial charge in [-0.1, -0.05) is 0 Å². The summed E-state index contributed by atoms with van der Waals surface area (Å²) in [5.74, 6) is 0. The summed E-state index contributed by atoms with van der Waals surface area (Å²) in [7, 11) is -0.926. The summed E-state index contributed by atoms with van der Waals surface area (Å²) in [5, 5.41) is 0. The molecule has 4 N–H and O–H groups in total. The van der Waals surface area contributed by atoms with E-state index in [1.165, 1.54) is 0 Å². The van der Waals surface area contributed by atoms with Crippen molar-refractivity contribution in [3.63, 3.8) is 0 Å². The maximum atomic E-state index is 4.82. The first-order valence-electron chi connectivity index (χ1n) is 0.716. The lowest BCUT2D eigenvalue weighted by molar-refractivity contribution is 1.85. The van der Waals surface area contributed by atoms with Crippen molar-refractivity contribution in [2.75, 3.05) is 0 Å². The van der Waals surface area contributed by atoms with E-state index in [9.17, 15) is 0 Å². The molecule has 0 heterocycles. The SMILES string of the molecule is NP(N)S. The van der Waals surface area contributed by atoms with E-state index in [0.29, 0.717) is 0 Å². The second kappa shape index (κ2) is 1.97. The largest absolute Gasteiger partial charge is 0.289 e. The summed E-state index contributed by atoms with van der Waals surface area (Å²) < 4.78 is 0. The summed E-state index contributed by atoms with van der Waals surface area (Å²) >= 11 is 3.59. The van der Waals surface area contributed by atoms with Gasteiger partial charge in [0.1, 0.15) is 0 Å². The molecule has 2 nitrogen and oxygen atoms in total. The number of hydrogen-bond acceptors (Lipinski definition) is 3. The Labute approximate surface area is 31.6 Å². The minimum atomic E-state index is -0.926. The van der Waals surface area contributed by atoms with Gasteiger partial charge in [0, 0.05) is 0 Å². The molecule has 0 aliphatic carbocycles.